The van der Waals surface area contributed by atoms with Gasteiger partial charge in [0.05, 0.1) is 12.6 Å². The van der Waals surface area contributed by atoms with Crippen molar-refractivity contribution in [3.8, 4) is 5.88 Å². The van der Waals surface area contributed by atoms with Crippen molar-refractivity contribution in [3.05, 3.63) is 11.8 Å². The monoisotopic (exact) mass is 252 g/mol. The Kier molecular flexibility index (Phi) is 4.61. The smallest absolute Gasteiger partial charge is 0.246 e. The van der Waals surface area contributed by atoms with Crippen LogP contribution in [-0.2, 0) is 4.79 Å². The van der Waals surface area contributed by atoms with E-state index in [0.717, 1.165) is 0 Å². The largest absolute Gasteiger partial charge is 0.481 e. The molecule has 0 aliphatic rings. The van der Waals surface area contributed by atoms with Crippen LogP contribution in [0.5, 0.6) is 5.88 Å². The highest BCUT2D eigenvalue weighted by Crippen LogP contribution is 2.16. The highest BCUT2D eigenvalue weighted by atomic mass is 16.5. The first-order valence-corrected chi connectivity index (χ1v) is 5.95. The minimum atomic E-state index is -0.889. The Hall–Kier alpha value is -1.69. The van der Waals surface area contributed by atoms with Gasteiger partial charge in [-0.15, -0.1) is 0 Å². The van der Waals surface area contributed by atoms with Crippen molar-refractivity contribution in [3.63, 3.8) is 0 Å². The maximum Gasteiger partial charge on any atom is 0.246 e. The van der Waals surface area contributed by atoms with E-state index in [-0.39, 0.29) is 11.9 Å². The predicted octanol–water partition coefficient (Wildman–Crippen LogP) is 1.25. The first-order chi connectivity index (χ1) is 8.45. The summed E-state index contributed by atoms with van der Waals surface area (Å²) in [6, 6.07) is 1.69. The first kappa shape index (κ1) is 14.4. The number of methoxy groups -OCH3 is 1. The van der Waals surface area contributed by atoms with E-state index in [1.807, 2.05) is 13.8 Å². The van der Waals surface area contributed by atoms with E-state index in [2.05, 4.69) is 15.3 Å². The molecule has 6 heteroatoms. The predicted molar refractivity (Wildman–Crippen MR) is 69.5 cm³/mol. The number of nitrogens with zero attached hydrogens (tertiary/aromatic N) is 2. The van der Waals surface area contributed by atoms with Gasteiger partial charge in [-0.05, 0) is 19.8 Å². The maximum absolute atomic E-state index is 12.1. The third-order valence-electron chi connectivity index (χ3n) is 2.98. The molecule has 0 saturated heterocycles. The number of aromatic nitrogens is 2. The van der Waals surface area contributed by atoms with Crippen molar-refractivity contribution in [1.29, 1.82) is 0 Å². The zero-order valence-corrected chi connectivity index (χ0v) is 11.3. The Morgan fingerprint density at radius 1 is 1.44 bits per heavy atom. The number of aryl methyl sites for hydroxylation is 1. The Morgan fingerprint density at radius 2 is 2.06 bits per heavy atom. The standard InChI is InChI=1S/C12H20N4O2/c1-5-12(13,6-2)10(17)16-11-14-8(3)7-9(15-11)18-4/h7H,5-6,13H2,1-4H3,(H,14,15,16,17). The third kappa shape index (κ3) is 3.16. The molecule has 18 heavy (non-hydrogen) atoms. The highest BCUT2D eigenvalue weighted by molar-refractivity contribution is 5.96. The summed E-state index contributed by atoms with van der Waals surface area (Å²) >= 11 is 0. The van der Waals surface area contributed by atoms with Crippen LogP contribution in [0.25, 0.3) is 0 Å². The molecule has 3 N–H and O–H groups in total. The summed E-state index contributed by atoms with van der Waals surface area (Å²) in [6.45, 7) is 5.55. The van der Waals surface area contributed by atoms with Gasteiger partial charge in [0, 0.05) is 11.8 Å². The average Bonchev–Trinajstić information content (AvgIpc) is 2.36. The molecule has 1 rings (SSSR count). The van der Waals surface area contributed by atoms with Crippen LogP contribution in [-0.4, -0.2) is 28.5 Å². The number of hydrogen-bond donors (Lipinski definition) is 2. The first-order valence-electron chi connectivity index (χ1n) is 5.95. The quantitative estimate of drug-likeness (QED) is 0.823. The second-order valence-electron chi connectivity index (χ2n) is 4.19. The fourth-order valence-corrected chi connectivity index (χ4v) is 1.50. The Morgan fingerprint density at radius 3 is 2.56 bits per heavy atom. The molecule has 0 aliphatic carbocycles. The van der Waals surface area contributed by atoms with Crippen LogP contribution >= 0.6 is 0 Å². The number of nitrogens with one attached hydrogen (secondary N) is 1. The molecule has 0 fully saturated rings. The zero-order valence-electron chi connectivity index (χ0n) is 11.3. The van der Waals surface area contributed by atoms with Crippen LogP contribution < -0.4 is 15.8 Å². The topological polar surface area (TPSA) is 90.1 Å². The van der Waals surface area contributed by atoms with Crippen LogP contribution in [0.15, 0.2) is 6.07 Å². The Balaban J connectivity index is 2.91. The van der Waals surface area contributed by atoms with Crippen molar-refractivity contribution in [2.24, 2.45) is 5.73 Å². The van der Waals surface area contributed by atoms with Crippen molar-refractivity contribution in [2.75, 3.05) is 12.4 Å². The van der Waals surface area contributed by atoms with Crippen molar-refractivity contribution in [2.45, 2.75) is 39.2 Å². The number of rotatable bonds is 5. The SMILES string of the molecule is CCC(N)(CC)C(=O)Nc1nc(C)cc(OC)n1. The van der Waals surface area contributed by atoms with Crippen LogP contribution in [0, 0.1) is 6.92 Å². The summed E-state index contributed by atoms with van der Waals surface area (Å²) in [5.74, 6) is 0.349. The zero-order chi connectivity index (χ0) is 13.8. The molecule has 0 bridgehead atoms. The second-order valence-corrected chi connectivity index (χ2v) is 4.19. The van der Waals surface area contributed by atoms with Gasteiger partial charge in [-0.2, -0.15) is 4.98 Å². The Bertz CT molecular complexity index is 430. The lowest BCUT2D eigenvalue weighted by atomic mass is 9.93. The summed E-state index contributed by atoms with van der Waals surface area (Å²) in [4.78, 5) is 20.2. The number of hydrogen-bond acceptors (Lipinski definition) is 5. The normalized spacial score (nSPS) is 11.2. The molecule has 0 atom stereocenters. The average molecular weight is 252 g/mol. The van der Waals surface area contributed by atoms with E-state index in [4.69, 9.17) is 10.5 Å². The number of amides is 1. The molecule has 1 aromatic rings. The minimum absolute atomic E-state index is 0.216. The molecular formula is C12H20N4O2. The van der Waals surface area contributed by atoms with Crippen LogP contribution in [0.1, 0.15) is 32.4 Å². The lowest BCUT2D eigenvalue weighted by Crippen LogP contribution is -2.50. The number of ether oxygens (including phenoxy) is 1. The fraction of sp³-hybridized carbons (Fsp3) is 0.583. The van der Waals surface area contributed by atoms with E-state index in [1.54, 1.807) is 13.0 Å². The molecule has 100 valence electrons. The lowest BCUT2D eigenvalue weighted by molar-refractivity contribution is -0.121. The van der Waals surface area contributed by atoms with Gasteiger partial charge in [-0.1, -0.05) is 13.8 Å². The minimum Gasteiger partial charge on any atom is -0.481 e. The van der Waals surface area contributed by atoms with Gasteiger partial charge in [0.2, 0.25) is 17.7 Å². The van der Waals surface area contributed by atoms with Crippen LogP contribution in [0.2, 0.25) is 0 Å². The lowest BCUT2D eigenvalue weighted by Gasteiger charge is -2.24. The van der Waals surface area contributed by atoms with Crippen LogP contribution in [0.4, 0.5) is 5.95 Å². The van der Waals surface area contributed by atoms with Gasteiger partial charge in [0.15, 0.2) is 0 Å². The van der Waals surface area contributed by atoms with E-state index in [0.29, 0.717) is 24.4 Å². The molecular weight excluding hydrogens is 232 g/mol. The summed E-state index contributed by atoms with van der Waals surface area (Å²) in [5.41, 5.74) is 5.82. The molecule has 1 amide bonds. The molecule has 0 radical (unpaired) electrons. The van der Waals surface area contributed by atoms with Gasteiger partial charge >= 0.3 is 0 Å². The molecule has 0 saturated carbocycles. The molecule has 1 aromatic heterocycles. The third-order valence-corrected chi connectivity index (χ3v) is 2.98. The van der Waals surface area contributed by atoms with Crippen molar-refractivity contribution in [1.82, 2.24) is 9.97 Å². The van der Waals surface area contributed by atoms with Gasteiger partial charge in [-0.3, -0.25) is 10.1 Å². The maximum atomic E-state index is 12.1. The van der Waals surface area contributed by atoms with E-state index in [1.165, 1.54) is 7.11 Å². The van der Waals surface area contributed by atoms with E-state index in [9.17, 15) is 4.79 Å². The fourth-order valence-electron chi connectivity index (χ4n) is 1.50. The van der Waals surface area contributed by atoms with Gasteiger partial charge in [0.1, 0.15) is 0 Å². The molecule has 0 aliphatic heterocycles. The van der Waals surface area contributed by atoms with Gasteiger partial charge < -0.3 is 10.5 Å². The summed E-state index contributed by atoms with van der Waals surface area (Å²) < 4.78 is 5.02. The number of nitrogens with two attached hydrogens (primary N) is 1. The molecule has 6 nitrogen and oxygen atoms in total. The van der Waals surface area contributed by atoms with Gasteiger partial charge in [0.25, 0.3) is 0 Å². The van der Waals surface area contributed by atoms with Gasteiger partial charge in [-0.25, -0.2) is 4.98 Å². The molecule has 0 spiro atoms. The van der Waals surface area contributed by atoms with E-state index >= 15 is 0 Å². The number of anilines is 1. The second kappa shape index (κ2) is 5.77. The van der Waals surface area contributed by atoms with Crippen molar-refractivity contribution >= 4 is 11.9 Å². The summed E-state index contributed by atoms with van der Waals surface area (Å²) in [5, 5.41) is 2.63. The number of carbonyl (C=O) groups excluding carboxylic acids is 1. The summed E-state index contributed by atoms with van der Waals surface area (Å²) in [6.07, 6.45) is 1.11. The highest BCUT2D eigenvalue weighted by Gasteiger charge is 2.30. The molecule has 0 unspecified atom stereocenters. The summed E-state index contributed by atoms with van der Waals surface area (Å²) in [7, 11) is 1.51. The van der Waals surface area contributed by atoms with E-state index < -0.39 is 5.54 Å². The number of carbonyl (C=O) groups is 1. The molecule has 1 heterocycles. The molecule has 0 aromatic carbocycles. The van der Waals surface area contributed by atoms with Crippen LogP contribution in [0.3, 0.4) is 0 Å². The van der Waals surface area contributed by atoms with Crippen molar-refractivity contribution < 1.29 is 9.53 Å². The Labute approximate surface area is 107 Å².